The van der Waals surface area contributed by atoms with Crippen molar-refractivity contribution in [3.05, 3.63) is 24.4 Å². The molecule has 0 radical (unpaired) electrons. The summed E-state index contributed by atoms with van der Waals surface area (Å²) in [4.78, 5) is 22.8. The van der Waals surface area contributed by atoms with Crippen molar-refractivity contribution < 1.29 is 9.59 Å². The van der Waals surface area contributed by atoms with E-state index in [1.807, 2.05) is 0 Å². The average molecular weight is 267 g/mol. The maximum absolute atomic E-state index is 11.5. The van der Waals surface area contributed by atoms with Gasteiger partial charge in [0, 0.05) is 23.5 Å². The maximum Gasteiger partial charge on any atom is 0.313 e. The summed E-state index contributed by atoms with van der Waals surface area (Å²) in [5.41, 5.74) is 1.31. The minimum atomic E-state index is -0.723. The van der Waals surface area contributed by atoms with E-state index < -0.39 is 11.8 Å². The number of halogens is 1. The van der Waals surface area contributed by atoms with E-state index in [9.17, 15) is 9.59 Å². The van der Waals surface area contributed by atoms with Gasteiger partial charge in [-0.05, 0) is 18.2 Å². The van der Waals surface area contributed by atoms with E-state index in [0.29, 0.717) is 5.69 Å². The molecule has 6 nitrogen and oxygen atoms in total. The zero-order valence-electron chi connectivity index (χ0n) is 9.37. The van der Waals surface area contributed by atoms with Crippen molar-refractivity contribution in [3.8, 4) is 0 Å². The van der Waals surface area contributed by atoms with Gasteiger partial charge in [0.2, 0.25) is 0 Å². The first-order chi connectivity index (χ1) is 8.70. The van der Waals surface area contributed by atoms with Gasteiger partial charge in [-0.3, -0.25) is 14.7 Å². The standard InChI is InChI=1S/C11H11ClN4O2/c12-3-4-13-10(17)11(18)15-8-2-1-7-6-14-16-9(7)5-8/h1-2,5-6H,3-4H2,(H,13,17)(H,14,16)(H,15,18). The van der Waals surface area contributed by atoms with E-state index in [0.717, 1.165) is 10.9 Å². The molecule has 2 amide bonds. The summed E-state index contributed by atoms with van der Waals surface area (Å²) in [5, 5.41) is 12.4. The highest BCUT2D eigenvalue weighted by Crippen LogP contribution is 2.16. The minimum Gasteiger partial charge on any atom is -0.347 e. The first-order valence-electron chi connectivity index (χ1n) is 5.29. The van der Waals surface area contributed by atoms with Gasteiger partial charge in [-0.15, -0.1) is 11.6 Å². The molecule has 0 atom stereocenters. The summed E-state index contributed by atoms with van der Waals surface area (Å²) < 4.78 is 0. The number of nitrogens with one attached hydrogen (secondary N) is 3. The lowest BCUT2D eigenvalue weighted by molar-refractivity contribution is -0.136. The monoisotopic (exact) mass is 266 g/mol. The van der Waals surface area contributed by atoms with Gasteiger partial charge in [-0.25, -0.2) is 0 Å². The van der Waals surface area contributed by atoms with Crippen LogP contribution >= 0.6 is 11.6 Å². The molecule has 0 saturated heterocycles. The number of nitrogens with zero attached hydrogens (tertiary/aromatic N) is 1. The van der Waals surface area contributed by atoms with Gasteiger partial charge < -0.3 is 10.6 Å². The van der Waals surface area contributed by atoms with Gasteiger partial charge in [0.25, 0.3) is 0 Å². The van der Waals surface area contributed by atoms with Gasteiger partial charge in [-0.2, -0.15) is 5.10 Å². The highest BCUT2D eigenvalue weighted by molar-refractivity contribution is 6.39. The van der Waals surface area contributed by atoms with Crippen LogP contribution in [-0.2, 0) is 9.59 Å². The summed E-state index contributed by atoms with van der Waals surface area (Å²) in [6.45, 7) is 0.257. The number of benzene rings is 1. The van der Waals surface area contributed by atoms with E-state index >= 15 is 0 Å². The normalized spacial score (nSPS) is 10.3. The van der Waals surface area contributed by atoms with Crippen molar-refractivity contribution >= 4 is 40.0 Å². The SMILES string of the molecule is O=C(NCCCl)C(=O)Nc1ccc2cn[nH]c2c1. The number of aromatic nitrogens is 2. The van der Waals surface area contributed by atoms with Crippen LogP contribution in [0.2, 0.25) is 0 Å². The van der Waals surface area contributed by atoms with Crippen molar-refractivity contribution in [1.82, 2.24) is 15.5 Å². The molecule has 0 spiro atoms. The Morgan fingerprint density at radius 1 is 1.33 bits per heavy atom. The van der Waals surface area contributed by atoms with Gasteiger partial charge in [0.1, 0.15) is 0 Å². The van der Waals surface area contributed by atoms with E-state index in [1.54, 1.807) is 24.4 Å². The summed E-state index contributed by atoms with van der Waals surface area (Å²) in [6.07, 6.45) is 1.67. The minimum absolute atomic E-state index is 0.257. The van der Waals surface area contributed by atoms with Gasteiger partial charge in [0.05, 0.1) is 11.7 Å². The molecule has 2 aromatic rings. The van der Waals surface area contributed by atoms with Gasteiger partial charge in [-0.1, -0.05) is 0 Å². The number of aromatic amines is 1. The van der Waals surface area contributed by atoms with Crippen LogP contribution in [0.3, 0.4) is 0 Å². The highest BCUT2D eigenvalue weighted by Gasteiger charge is 2.12. The third-order valence-corrected chi connectivity index (χ3v) is 2.48. The molecule has 3 N–H and O–H groups in total. The smallest absolute Gasteiger partial charge is 0.313 e. The number of carbonyl (C=O) groups is 2. The second-order valence-corrected chi connectivity index (χ2v) is 3.95. The molecule has 18 heavy (non-hydrogen) atoms. The predicted octanol–water partition coefficient (Wildman–Crippen LogP) is 0.856. The third kappa shape index (κ3) is 2.78. The largest absolute Gasteiger partial charge is 0.347 e. The molecule has 0 unspecified atom stereocenters. The Morgan fingerprint density at radius 2 is 2.17 bits per heavy atom. The lowest BCUT2D eigenvalue weighted by atomic mass is 10.2. The second kappa shape index (κ2) is 5.50. The fourth-order valence-electron chi connectivity index (χ4n) is 1.44. The Bertz CT molecular complexity index is 581. The number of hydrogen-bond donors (Lipinski definition) is 3. The lowest BCUT2D eigenvalue weighted by Gasteiger charge is -2.05. The molecule has 0 bridgehead atoms. The molecule has 0 saturated carbocycles. The highest BCUT2D eigenvalue weighted by atomic mass is 35.5. The summed E-state index contributed by atoms with van der Waals surface area (Å²) in [6, 6.07) is 5.20. The molecule has 2 rings (SSSR count). The first-order valence-corrected chi connectivity index (χ1v) is 5.82. The molecular weight excluding hydrogens is 256 g/mol. The number of hydrogen-bond acceptors (Lipinski definition) is 3. The van der Waals surface area contributed by atoms with Crippen molar-refractivity contribution in [1.29, 1.82) is 0 Å². The molecule has 7 heteroatoms. The van der Waals surface area contributed by atoms with Crippen molar-refractivity contribution in [2.75, 3.05) is 17.7 Å². The van der Waals surface area contributed by atoms with Crippen molar-refractivity contribution in [2.45, 2.75) is 0 Å². The fraction of sp³-hybridized carbons (Fsp3) is 0.182. The Kier molecular flexibility index (Phi) is 3.78. The Balaban J connectivity index is 2.04. The number of fused-ring (bicyclic) bond motifs is 1. The third-order valence-electron chi connectivity index (χ3n) is 2.29. The first kappa shape index (κ1) is 12.4. The molecule has 0 aliphatic carbocycles. The topological polar surface area (TPSA) is 86.9 Å². The van der Waals surface area contributed by atoms with Crippen LogP contribution in [0, 0.1) is 0 Å². The van der Waals surface area contributed by atoms with Crippen molar-refractivity contribution in [3.63, 3.8) is 0 Å². The second-order valence-electron chi connectivity index (χ2n) is 3.57. The van der Waals surface area contributed by atoms with Crippen molar-refractivity contribution in [2.24, 2.45) is 0 Å². The van der Waals surface area contributed by atoms with Crippen LogP contribution in [-0.4, -0.2) is 34.4 Å². The zero-order chi connectivity index (χ0) is 13.0. The molecule has 1 aromatic carbocycles. The summed E-state index contributed by atoms with van der Waals surface area (Å²) >= 11 is 5.41. The number of alkyl halides is 1. The molecule has 1 aromatic heterocycles. The zero-order valence-corrected chi connectivity index (χ0v) is 10.1. The van der Waals surface area contributed by atoms with E-state index in [4.69, 9.17) is 11.6 Å². The Labute approximate surface area is 108 Å². The Morgan fingerprint density at radius 3 is 2.94 bits per heavy atom. The van der Waals surface area contributed by atoms with Gasteiger partial charge >= 0.3 is 11.8 Å². The van der Waals surface area contributed by atoms with Crippen LogP contribution in [0.25, 0.3) is 10.9 Å². The van der Waals surface area contributed by atoms with E-state index in [1.165, 1.54) is 0 Å². The predicted molar refractivity (Wildman–Crippen MR) is 68.5 cm³/mol. The maximum atomic E-state index is 11.5. The molecule has 0 aliphatic heterocycles. The molecular formula is C11H11ClN4O2. The lowest BCUT2D eigenvalue weighted by Crippen LogP contribution is -2.36. The van der Waals surface area contributed by atoms with Crippen LogP contribution in [0.1, 0.15) is 0 Å². The van der Waals surface area contributed by atoms with E-state index in [2.05, 4.69) is 20.8 Å². The van der Waals surface area contributed by atoms with Crippen LogP contribution in [0.5, 0.6) is 0 Å². The molecule has 0 fully saturated rings. The van der Waals surface area contributed by atoms with Crippen LogP contribution in [0.15, 0.2) is 24.4 Å². The van der Waals surface area contributed by atoms with Crippen LogP contribution in [0.4, 0.5) is 5.69 Å². The molecule has 1 heterocycles. The summed E-state index contributed by atoms with van der Waals surface area (Å²) in [5.74, 6) is -1.17. The number of anilines is 1. The van der Waals surface area contributed by atoms with Gasteiger partial charge in [0.15, 0.2) is 0 Å². The number of H-pyrrole nitrogens is 1. The average Bonchev–Trinajstić information content (AvgIpc) is 2.83. The number of rotatable bonds is 3. The van der Waals surface area contributed by atoms with E-state index in [-0.39, 0.29) is 12.4 Å². The molecule has 0 aliphatic rings. The fourth-order valence-corrected chi connectivity index (χ4v) is 1.54. The quantitative estimate of drug-likeness (QED) is 0.569. The number of carbonyl (C=O) groups excluding carboxylic acids is 2. The van der Waals surface area contributed by atoms with Crippen LogP contribution < -0.4 is 10.6 Å². The number of amides is 2. The molecule has 94 valence electrons. The Hall–Kier alpha value is -2.08. The summed E-state index contributed by atoms with van der Waals surface area (Å²) in [7, 11) is 0.